The third-order valence-electron chi connectivity index (χ3n) is 4.99. The second-order valence-corrected chi connectivity index (χ2v) is 6.49. The van der Waals surface area contributed by atoms with E-state index in [2.05, 4.69) is 30.3 Å². The predicted molar refractivity (Wildman–Crippen MR) is 81.6 cm³/mol. The molecule has 3 heteroatoms. The van der Waals surface area contributed by atoms with Crippen molar-refractivity contribution in [2.24, 2.45) is 11.8 Å². The average molecular weight is 282 g/mol. The van der Waals surface area contributed by atoms with Crippen LogP contribution in [0.15, 0.2) is 24.3 Å². The first-order valence-electron chi connectivity index (χ1n) is 7.90. The van der Waals surface area contributed by atoms with Crippen molar-refractivity contribution < 1.29 is 4.79 Å². The fourth-order valence-electron chi connectivity index (χ4n) is 3.89. The van der Waals surface area contributed by atoms with Gasteiger partial charge in [0.05, 0.1) is 12.5 Å². The van der Waals surface area contributed by atoms with E-state index in [4.69, 9.17) is 5.26 Å². The maximum absolute atomic E-state index is 12.8. The zero-order valence-corrected chi connectivity index (χ0v) is 12.7. The Bertz CT molecular complexity index is 587. The number of nitriles is 1. The molecular formula is C18H22N2O. The van der Waals surface area contributed by atoms with E-state index < -0.39 is 0 Å². The van der Waals surface area contributed by atoms with Crippen LogP contribution >= 0.6 is 0 Å². The molecule has 3 nitrogen and oxygen atoms in total. The summed E-state index contributed by atoms with van der Waals surface area (Å²) in [6, 6.07) is 10.9. The topological polar surface area (TPSA) is 44.1 Å². The van der Waals surface area contributed by atoms with Crippen LogP contribution in [0.5, 0.6) is 0 Å². The fourth-order valence-corrected chi connectivity index (χ4v) is 3.89. The first-order chi connectivity index (χ1) is 10.1. The Kier molecular flexibility index (Phi) is 3.71. The molecule has 0 saturated heterocycles. The number of benzene rings is 1. The molecule has 0 heterocycles. The van der Waals surface area contributed by atoms with Gasteiger partial charge in [0.25, 0.3) is 0 Å². The highest BCUT2D eigenvalue weighted by atomic mass is 16.2. The molecule has 3 atom stereocenters. The standard InChI is InChI=1S/C18H22N2O/c1-12(2)20(11-5-10-19)18(21)17-15-9-8-13-6-3-4-7-14(13)16(15)17/h3-4,6-7,12,15-17H,5,8-9,11H2,1-2H3. The van der Waals surface area contributed by atoms with Crippen LogP contribution in [0.1, 0.15) is 43.7 Å². The number of fused-ring (bicyclic) bond motifs is 3. The molecule has 110 valence electrons. The van der Waals surface area contributed by atoms with E-state index in [0.29, 0.717) is 24.8 Å². The lowest BCUT2D eigenvalue weighted by molar-refractivity contribution is -0.134. The van der Waals surface area contributed by atoms with Crippen LogP contribution in [0.25, 0.3) is 0 Å². The summed E-state index contributed by atoms with van der Waals surface area (Å²) in [4.78, 5) is 14.7. The highest BCUT2D eigenvalue weighted by Gasteiger charge is 2.58. The van der Waals surface area contributed by atoms with Gasteiger partial charge in [-0.3, -0.25) is 4.79 Å². The molecule has 0 N–H and O–H groups in total. The van der Waals surface area contributed by atoms with Crippen molar-refractivity contribution in [2.45, 2.75) is 45.1 Å². The summed E-state index contributed by atoms with van der Waals surface area (Å²) in [5.74, 6) is 1.35. The monoisotopic (exact) mass is 282 g/mol. The maximum Gasteiger partial charge on any atom is 0.226 e. The highest BCUT2D eigenvalue weighted by Crippen LogP contribution is 2.60. The van der Waals surface area contributed by atoms with E-state index >= 15 is 0 Å². The minimum atomic E-state index is 0.148. The number of aryl methyl sites for hydroxylation is 1. The number of hydrogen-bond donors (Lipinski definition) is 0. The van der Waals surface area contributed by atoms with Crippen molar-refractivity contribution in [3.8, 4) is 6.07 Å². The van der Waals surface area contributed by atoms with Crippen molar-refractivity contribution in [1.29, 1.82) is 5.26 Å². The average Bonchev–Trinajstić information content (AvgIpc) is 3.22. The van der Waals surface area contributed by atoms with Crippen molar-refractivity contribution in [3.05, 3.63) is 35.4 Å². The molecule has 0 bridgehead atoms. The van der Waals surface area contributed by atoms with E-state index in [9.17, 15) is 4.79 Å². The molecule has 1 saturated carbocycles. The number of nitrogens with zero attached hydrogens (tertiary/aromatic N) is 2. The van der Waals surface area contributed by atoms with Gasteiger partial charge in [0, 0.05) is 18.5 Å². The molecule has 0 aromatic heterocycles. The van der Waals surface area contributed by atoms with Gasteiger partial charge in [0.15, 0.2) is 0 Å². The normalized spacial score (nSPS) is 25.7. The second-order valence-electron chi connectivity index (χ2n) is 6.49. The van der Waals surface area contributed by atoms with Gasteiger partial charge < -0.3 is 4.90 Å². The van der Waals surface area contributed by atoms with Gasteiger partial charge in [-0.2, -0.15) is 5.26 Å². The Morgan fingerprint density at radius 3 is 2.90 bits per heavy atom. The molecule has 1 fully saturated rings. The summed E-state index contributed by atoms with van der Waals surface area (Å²) in [5, 5.41) is 8.78. The van der Waals surface area contributed by atoms with Gasteiger partial charge in [-0.1, -0.05) is 24.3 Å². The lowest BCUT2D eigenvalue weighted by Crippen LogP contribution is -2.39. The second kappa shape index (κ2) is 5.52. The van der Waals surface area contributed by atoms with E-state index in [1.165, 1.54) is 11.1 Å². The smallest absolute Gasteiger partial charge is 0.226 e. The first kappa shape index (κ1) is 14.1. The quantitative estimate of drug-likeness (QED) is 0.851. The molecule has 3 unspecified atom stereocenters. The maximum atomic E-state index is 12.8. The fraction of sp³-hybridized carbons (Fsp3) is 0.556. The molecule has 1 aromatic rings. The van der Waals surface area contributed by atoms with Crippen LogP contribution in [0, 0.1) is 23.2 Å². The summed E-state index contributed by atoms with van der Waals surface area (Å²) in [5.41, 5.74) is 2.80. The number of carbonyl (C=O) groups excluding carboxylic acids is 1. The minimum absolute atomic E-state index is 0.148. The third kappa shape index (κ3) is 2.44. The molecule has 0 spiro atoms. The molecule has 0 radical (unpaired) electrons. The molecule has 1 aromatic carbocycles. The molecule has 1 amide bonds. The zero-order valence-electron chi connectivity index (χ0n) is 12.7. The Morgan fingerprint density at radius 1 is 1.43 bits per heavy atom. The van der Waals surface area contributed by atoms with Crippen LogP contribution < -0.4 is 0 Å². The van der Waals surface area contributed by atoms with Crippen molar-refractivity contribution in [1.82, 2.24) is 4.90 Å². The van der Waals surface area contributed by atoms with Crippen LogP contribution in [-0.2, 0) is 11.2 Å². The van der Waals surface area contributed by atoms with Crippen molar-refractivity contribution in [3.63, 3.8) is 0 Å². The number of amides is 1. The Hall–Kier alpha value is -1.82. The zero-order chi connectivity index (χ0) is 15.0. The summed E-state index contributed by atoms with van der Waals surface area (Å²) < 4.78 is 0. The molecule has 2 aliphatic carbocycles. The van der Waals surface area contributed by atoms with Gasteiger partial charge in [0.1, 0.15) is 0 Å². The summed E-state index contributed by atoms with van der Waals surface area (Å²) >= 11 is 0. The van der Waals surface area contributed by atoms with Crippen molar-refractivity contribution >= 4 is 5.91 Å². The van der Waals surface area contributed by atoms with E-state index in [1.54, 1.807) is 0 Å². The largest absolute Gasteiger partial charge is 0.339 e. The van der Waals surface area contributed by atoms with Crippen molar-refractivity contribution in [2.75, 3.05) is 6.54 Å². The summed E-state index contributed by atoms with van der Waals surface area (Å²) in [7, 11) is 0. The van der Waals surface area contributed by atoms with Gasteiger partial charge in [0.2, 0.25) is 5.91 Å². The Morgan fingerprint density at radius 2 is 2.19 bits per heavy atom. The van der Waals surface area contributed by atoms with Gasteiger partial charge >= 0.3 is 0 Å². The van der Waals surface area contributed by atoms with E-state index in [-0.39, 0.29) is 17.9 Å². The predicted octanol–water partition coefficient (Wildman–Crippen LogP) is 3.11. The van der Waals surface area contributed by atoms with E-state index in [1.807, 2.05) is 18.7 Å². The Labute approximate surface area is 126 Å². The van der Waals surface area contributed by atoms with Gasteiger partial charge in [-0.15, -0.1) is 0 Å². The molecule has 0 aliphatic heterocycles. The van der Waals surface area contributed by atoms with Crippen LogP contribution in [0.2, 0.25) is 0 Å². The molecule has 2 aliphatic rings. The lowest BCUT2D eigenvalue weighted by Gasteiger charge is -2.26. The van der Waals surface area contributed by atoms with Crippen LogP contribution in [0.4, 0.5) is 0 Å². The van der Waals surface area contributed by atoms with Gasteiger partial charge in [-0.05, 0) is 49.7 Å². The summed E-state index contributed by atoms with van der Waals surface area (Å²) in [6.07, 6.45) is 2.64. The molecule has 3 rings (SSSR count). The third-order valence-corrected chi connectivity index (χ3v) is 4.99. The lowest BCUT2D eigenvalue weighted by atomic mass is 9.92. The number of carbonyl (C=O) groups is 1. The first-order valence-corrected chi connectivity index (χ1v) is 7.90. The highest BCUT2D eigenvalue weighted by molar-refractivity contribution is 5.84. The van der Waals surface area contributed by atoms with E-state index in [0.717, 1.165) is 12.8 Å². The Balaban J connectivity index is 1.77. The van der Waals surface area contributed by atoms with Crippen LogP contribution in [0.3, 0.4) is 0 Å². The summed E-state index contributed by atoms with van der Waals surface area (Å²) in [6.45, 7) is 4.63. The molecular weight excluding hydrogens is 260 g/mol. The minimum Gasteiger partial charge on any atom is -0.339 e. The van der Waals surface area contributed by atoms with Gasteiger partial charge in [-0.25, -0.2) is 0 Å². The molecule has 21 heavy (non-hydrogen) atoms. The number of rotatable bonds is 4. The number of hydrogen-bond acceptors (Lipinski definition) is 2. The van der Waals surface area contributed by atoms with Crippen LogP contribution in [-0.4, -0.2) is 23.4 Å². The SMILES string of the molecule is CC(C)N(CCC#N)C(=O)C1C2CCc3ccccc3C21.